The number of sulfone groups is 1. The Bertz CT molecular complexity index is 647. The maximum atomic E-state index is 12.3. The Hall–Kier alpha value is -1.28. The molecule has 0 radical (unpaired) electrons. The first-order valence-corrected chi connectivity index (χ1v) is 9.28. The summed E-state index contributed by atoms with van der Waals surface area (Å²) < 4.78 is 29.2. The molecule has 1 atom stereocenters. The van der Waals surface area contributed by atoms with Crippen molar-refractivity contribution >= 4 is 37.8 Å². The van der Waals surface area contributed by atoms with Crippen LogP contribution >= 0.6 is 11.3 Å². The molecule has 3 N–H and O–H groups in total. The van der Waals surface area contributed by atoms with Crippen molar-refractivity contribution in [3.8, 4) is 0 Å². The summed E-state index contributed by atoms with van der Waals surface area (Å²) in [6.07, 6.45) is 2.27. The zero-order valence-corrected chi connectivity index (χ0v) is 13.9. The second-order valence-corrected chi connectivity index (χ2v) is 8.40. The first-order valence-electron chi connectivity index (χ1n) is 6.81. The predicted octanol–water partition coefficient (Wildman–Crippen LogP) is 2.12. The summed E-state index contributed by atoms with van der Waals surface area (Å²) in [5, 5.41) is 3.64. The number of carbonyl (C=O) groups is 1. The van der Waals surface area contributed by atoms with E-state index in [2.05, 4.69) is 10.1 Å². The smallest absolute Gasteiger partial charge is 0.350 e. The van der Waals surface area contributed by atoms with Gasteiger partial charge < -0.3 is 15.8 Å². The molecule has 1 saturated carbocycles. The lowest BCUT2D eigenvalue weighted by atomic mass is 10.2. The molecule has 2 rings (SSSR count). The predicted molar refractivity (Wildman–Crippen MR) is 83.6 cm³/mol. The minimum Gasteiger partial charge on any atom is -0.465 e. The molecule has 1 aliphatic carbocycles. The highest BCUT2D eigenvalue weighted by Gasteiger charge is 2.33. The Morgan fingerprint density at radius 2 is 2.14 bits per heavy atom. The van der Waals surface area contributed by atoms with E-state index in [1.54, 1.807) is 6.92 Å². The molecule has 0 aliphatic heterocycles. The maximum Gasteiger partial charge on any atom is 0.350 e. The number of hydrogen-bond acceptors (Lipinski definition) is 7. The molecule has 1 aromatic rings. The van der Waals surface area contributed by atoms with Crippen molar-refractivity contribution in [1.82, 2.24) is 0 Å². The summed E-state index contributed by atoms with van der Waals surface area (Å²) in [6.45, 7) is 3.56. The number of nitrogens with one attached hydrogen (secondary N) is 1. The van der Waals surface area contributed by atoms with Gasteiger partial charge in [0.05, 0.1) is 18.6 Å². The van der Waals surface area contributed by atoms with Crippen LogP contribution in [0, 0.1) is 5.92 Å². The van der Waals surface area contributed by atoms with Gasteiger partial charge >= 0.3 is 5.97 Å². The van der Waals surface area contributed by atoms with Crippen molar-refractivity contribution in [2.24, 2.45) is 5.92 Å². The van der Waals surface area contributed by atoms with E-state index in [1.807, 2.05) is 6.92 Å². The van der Waals surface area contributed by atoms with Gasteiger partial charge in [-0.15, -0.1) is 11.3 Å². The number of anilines is 2. The molecular weight excluding hydrogens is 312 g/mol. The maximum absolute atomic E-state index is 12.3. The lowest BCUT2D eigenvalue weighted by molar-refractivity contribution is 0.0607. The van der Waals surface area contributed by atoms with Crippen LogP contribution in [-0.4, -0.2) is 33.3 Å². The second-order valence-electron chi connectivity index (χ2n) is 5.17. The minimum atomic E-state index is -3.52. The highest BCUT2D eigenvalue weighted by Crippen LogP contribution is 2.42. The normalized spacial score (nSPS) is 16.5. The zero-order chi connectivity index (χ0) is 15.8. The van der Waals surface area contributed by atoms with Crippen LogP contribution in [0.15, 0.2) is 4.90 Å². The first-order chi connectivity index (χ1) is 9.81. The number of carbonyl (C=O) groups excluding carboxylic acids is 1. The summed E-state index contributed by atoms with van der Waals surface area (Å²) in [6, 6.07) is 0.152. The molecule has 0 spiro atoms. The van der Waals surface area contributed by atoms with E-state index in [1.165, 1.54) is 7.11 Å². The van der Waals surface area contributed by atoms with Crippen LogP contribution in [0.4, 0.5) is 10.7 Å². The molecule has 1 fully saturated rings. The van der Waals surface area contributed by atoms with E-state index in [0.717, 1.165) is 24.2 Å². The molecule has 8 heteroatoms. The van der Waals surface area contributed by atoms with Gasteiger partial charge in [-0.1, -0.05) is 6.92 Å². The van der Waals surface area contributed by atoms with Crippen LogP contribution in [0.1, 0.15) is 36.4 Å². The number of thiophene rings is 1. The largest absolute Gasteiger partial charge is 0.465 e. The number of esters is 1. The van der Waals surface area contributed by atoms with E-state index in [9.17, 15) is 13.2 Å². The van der Waals surface area contributed by atoms with Crippen molar-refractivity contribution in [3.63, 3.8) is 0 Å². The third kappa shape index (κ3) is 3.16. The first kappa shape index (κ1) is 16.1. The highest BCUT2D eigenvalue weighted by atomic mass is 32.2. The SMILES string of the molecule is CCS(=O)(=O)c1c(NC(C)C2CC2)sc(C(=O)OC)c1N. The topological polar surface area (TPSA) is 98.5 Å². The van der Waals surface area contributed by atoms with Crippen molar-refractivity contribution in [1.29, 1.82) is 0 Å². The fourth-order valence-electron chi connectivity index (χ4n) is 2.14. The van der Waals surface area contributed by atoms with Crippen LogP contribution in [-0.2, 0) is 14.6 Å². The summed E-state index contributed by atoms with van der Waals surface area (Å²) in [5.74, 6) is -0.134. The van der Waals surface area contributed by atoms with E-state index < -0.39 is 15.8 Å². The molecule has 0 bridgehead atoms. The Morgan fingerprint density at radius 3 is 2.62 bits per heavy atom. The van der Waals surface area contributed by atoms with E-state index in [-0.39, 0.29) is 27.3 Å². The van der Waals surface area contributed by atoms with Gasteiger partial charge in [0, 0.05) is 6.04 Å². The number of methoxy groups -OCH3 is 1. The van der Waals surface area contributed by atoms with E-state index >= 15 is 0 Å². The van der Waals surface area contributed by atoms with Crippen molar-refractivity contribution in [2.75, 3.05) is 23.9 Å². The molecule has 6 nitrogen and oxygen atoms in total. The fraction of sp³-hybridized carbons (Fsp3) is 0.615. The summed E-state index contributed by atoms with van der Waals surface area (Å²) >= 11 is 1.04. The van der Waals surface area contributed by atoms with Gasteiger partial charge in [0.1, 0.15) is 14.8 Å². The van der Waals surface area contributed by atoms with Crippen molar-refractivity contribution < 1.29 is 17.9 Å². The Kier molecular flexibility index (Phi) is 4.48. The van der Waals surface area contributed by atoms with E-state index in [4.69, 9.17) is 5.73 Å². The van der Waals surface area contributed by atoms with Gasteiger partial charge in [-0.3, -0.25) is 0 Å². The van der Waals surface area contributed by atoms with Gasteiger partial charge in [-0.25, -0.2) is 13.2 Å². The van der Waals surface area contributed by atoms with Gasteiger partial charge in [0.2, 0.25) is 0 Å². The van der Waals surface area contributed by atoms with E-state index in [0.29, 0.717) is 10.9 Å². The summed E-state index contributed by atoms with van der Waals surface area (Å²) in [4.78, 5) is 11.9. The van der Waals surface area contributed by atoms with Crippen LogP contribution in [0.5, 0.6) is 0 Å². The fourth-order valence-corrected chi connectivity index (χ4v) is 4.81. The average molecular weight is 332 g/mol. The minimum absolute atomic E-state index is 0.0146. The number of nitrogens with two attached hydrogens (primary N) is 1. The van der Waals surface area contributed by atoms with Crippen LogP contribution in [0.2, 0.25) is 0 Å². The summed E-state index contributed by atoms with van der Waals surface area (Å²) in [7, 11) is -2.27. The molecule has 0 amide bonds. The average Bonchev–Trinajstić information content (AvgIpc) is 3.23. The zero-order valence-electron chi connectivity index (χ0n) is 12.3. The van der Waals surface area contributed by atoms with Gasteiger partial charge in [0.25, 0.3) is 0 Å². The Balaban J connectivity index is 2.48. The monoisotopic (exact) mass is 332 g/mol. The molecule has 0 saturated heterocycles. The van der Waals surface area contributed by atoms with Crippen LogP contribution in [0.3, 0.4) is 0 Å². The Labute approximate surface area is 128 Å². The molecular formula is C13H20N2O4S2. The molecule has 1 aromatic heterocycles. The van der Waals surface area contributed by atoms with Crippen molar-refractivity contribution in [2.45, 2.75) is 37.6 Å². The number of ether oxygens (including phenoxy) is 1. The molecule has 0 aromatic carbocycles. The number of nitrogen functional groups attached to an aromatic ring is 1. The van der Waals surface area contributed by atoms with Crippen LogP contribution in [0.25, 0.3) is 0 Å². The standard InChI is InChI=1S/C13H20N2O4S2/c1-4-21(17,18)11-9(14)10(13(16)19-3)20-12(11)15-7(2)8-5-6-8/h7-8,15H,4-6,14H2,1-3H3. The van der Waals surface area contributed by atoms with Gasteiger partial charge in [0.15, 0.2) is 9.84 Å². The number of hydrogen-bond donors (Lipinski definition) is 2. The third-order valence-electron chi connectivity index (χ3n) is 3.65. The Morgan fingerprint density at radius 1 is 1.52 bits per heavy atom. The molecule has 118 valence electrons. The van der Waals surface area contributed by atoms with Gasteiger partial charge in [-0.05, 0) is 25.7 Å². The number of rotatable bonds is 6. The molecule has 1 heterocycles. The molecule has 1 aliphatic rings. The lowest BCUT2D eigenvalue weighted by Gasteiger charge is -2.14. The molecule has 1 unspecified atom stereocenters. The highest BCUT2D eigenvalue weighted by molar-refractivity contribution is 7.91. The quantitative estimate of drug-likeness (QED) is 0.774. The molecule has 21 heavy (non-hydrogen) atoms. The van der Waals surface area contributed by atoms with Crippen molar-refractivity contribution in [3.05, 3.63) is 4.88 Å². The summed E-state index contributed by atoms with van der Waals surface area (Å²) in [5.41, 5.74) is 5.89. The third-order valence-corrected chi connectivity index (χ3v) is 6.70. The second kappa shape index (κ2) is 5.84. The van der Waals surface area contributed by atoms with Gasteiger partial charge in [-0.2, -0.15) is 0 Å². The van der Waals surface area contributed by atoms with Crippen LogP contribution < -0.4 is 11.1 Å². The lowest BCUT2D eigenvalue weighted by Crippen LogP contribution is -2.18.